The van der Waals surface area contributed by atoms with Gasteiger partial charge in [0.25, 0.3) is 5.69 Å². The Balaban J connectivity index is 1.86. The van der Waals surface area contributed by atoms with E-state index in [1.54, 1.807) is 6.07 Å². The maximum Gasteiger partial charge on any atom is 0.275 e. The van der Waals surface area contributed by atoms with Gasteiger partial charge in [-0.3, -0.25) is 10.1 Å². The first-order chi connectivity index (χ1) is 11.6. The maximum absolute atomic E-state index is 11.5. The van der Waals surface area contributed by atoms with E-state index in [2.05, 4.69) is 48.7 Å². The van der Waals surface area contributed by atoms with Crippen molar-refractivity contribution in [2.45, 2.75) is 25.3 Å². The van der Waals surface area contributed by atoms with Crippen LogP contribution in [0.2, 0.25) is 5.02 Å². The summed E-state index contributed by atoms with van der Waals surface area (Å²) >= 11 is 6.38. The summed E-state index contributed by atoms with van der Waals surface area (Å²) in [7, 11) is 0. The molecule has 1 aliphatic heterocycles. The summed E-state index contributed by atoms with van der Waals surface area (Å²) in [5.41, 5.74) is 3.96. The number of rotatable bonds is 2. The SMILES string of the molecule is Cc1ccc([C@@H]2Nc3c(Cl)ccc([N+](=O)[O-])c3[C@H]3C=CC[C@H]32)cc1. The van der Waals surface area contributed by atoms with E-state index in [1.165, 1.54) is 17.2 Å². The van der Waals surface area contributed by atoms with E-state index in [1.807, 2.05) is 0 Å². The average Bonchev–Trinajstić information content (AvgIpc) is 3.05. The van der Waals surface area contributed by atoms with Crippen LogP contribution in [0.25, 0.3) is 0 Å². The van der Waals surface area contributed by atoms with Gasteiger partial charge in [-0.25, -0.2) is 0 Å². The van der Waals surface area contributed by atoms with E-state index in [-0.39, 0.29) is 28.5 Å². The number of allylic oxidation sites excluding steroid dienone is 2. The lowest BCUT2D eigenvalue weighted by molar-refractivity contribution is -0.385. The number of benzene rings is 2. The van der Waals surface area contributed by atoms with Crippen LogP contribution in [0, 0.1) is 23.0 Å². The Morgan fingerprint density at radius 1 is 1.21 bits per heavy atom. The van der Waals surface area contributed by atoms with Crippen molar-refractivity contribution in [1.29, 1.82) is 0 Å². The molecule has 0 amide bonds. The number of aryl methyl sites for hydroxylation is 1. The van der Waals surface area contributed by atoms with Crippen molar-refractivity contribution in [2.24, 2.45) is 5.92 Å². The summed E-state index contributed by atoms with van der Waals surface area (Å²) in [4.78, 5) is 11.2. The lowest BCUT2D eigenvalue weighted by atomic mass is 9.76. The van der Waals surface area contributed by atoms with E-state index in [4.69, 9.17) is 11.6 Å². The van der Waals surface area contributed by atoms with Crippen LogP contribution in [-0.4, -0.2) is 4.92 Å². The molecule has 2 aliphatic rings. The molecule has 2 aromatic rings. The first-order valence-corrected chi connectivity index (χ1v) is 8.40. The molecule has 0 saturated heterocycles. The van der Waals surface area contributed by atoms with Crippen molar-refractivity contribution in [1.82, 2.24) is 0 Å². The molecular formula is C19H17ClN2O2. The zero-order valence-electron chi connectivity index (χ0n) is 13.2. The Morgan fingerprint density at radius 3 is 2.67 bits per heavy atom. The van der Waals surface area contributed by atoms with E-state index in [0.29, 0.717) is 10.7 Å². The van der Waals surface area contributed by atoms with Crippen molar-refractivity contribution in [3.63, 3.8) is 0 Å². The third kappa shape index (κ3) is 2.29. The van der Waals surface area contributed by atoms with Gasteiger partial charge in [0.2, 0.25) is 0 Å². The van der Waals surface area contributed by atoms with Crippen LogP contribution >= 0.6 is 11.6 Å². The topological polar surface area (TPSA) is 55.2 Å². The summed E-state index contributed by atoms with van der Waals surface area (Å²) in [5.74, 6) is 0.282. The predicted molar refractivity (Wildman–Crippen MR) is 95.6 cm³/mol. The molecule has 3 atom stereocenters. The molecule has 0 radical (unpaired) electrons. The molecule has 0 fully saturated rings. The molecule has 4 rings (SSSR count). The minimum Gasteiger partial charge on any atom is -0.376 e. The van der Waals surface area contributed by atoms with Gasteiger partial charge in [-0.05, 0) is 30.9 Å². The molecule has 0 bridgehead atoms. The first-order valence-electron chi connectivity index (χ1n) is 8.03. The quantitative estimate of drug-likeness (QED) is 0.453. The Morgan fingerprint density at radius 2 is 1.96 bits per heavy atom. The number of nitro groups is 1. The van der Waals surface area contributed by atoms with Gasteiger partial charge in [-0.1, -0.05) is 53.6 Å². The lowest BCUT2D eigenvalue weighted by Gasteiger charge is -2.37. The third-order valence-electron chi connectivity index (χ3n) is 5.08. The van der Waals surface area contributed by atoms with Crippen LogP contribution in [0.5, 0.6) is 0 Å². The zero-order chi connectivity index (χ0) is 16.8. The molecule has 1 heterocycles. The number of nitro benzene ring substituents is 1. The number of nitrogens with one attached hydrogen (secondary N) is 1. The number of nitrogens with zero attached hydrogens (tertiary/aromatic N) is 1. The molecule has 122 valence electrons. The number of hydrogen-bond donors (Lipinski definition) is 1. The van der Waals surface area contributed by atoms with Crippen LogP contribution in [0.3, 0.4) is 0 Å². The molecule has 0 saturated carbocycles. The van der Waals surface area contributed by atoms with Gasteiger partial charge in [0.1, 0.15) is 0 Å². The van der Waals surface area contributed by atoms with Crippen LogP contribution in [0.4, 0.5) is 11.4 Å². The molecule has 24 heavy (non-hydrogen) atoms. The largest absolute Gasteiger partial charge is 0.376 e. The van der Waals surface area contributed by atoms with Gasteiger partial charge in [-0.15, -0.1) is 0 Å². The highest BCUT2D eigenvalue weighted by atomic mass is 35.5. The van der Waals surface area contributed by atoms with Gasteiger partial charge in [0.05, 0.1) is 27.2 Å². The molecule has 0 spiro atoms. The van der Waals surface area contributed by atoms with Crippen molar-refractivity contribution in [2.75, 3.05) is 5.32 Å². The number of anilines is 1. The number of halogens is 1. The summed E-state index contributed by atoms with van der Waals surface area (Å²) < 4.78 is 0. The van der Waals surface area contributed by atoms with E-state index in [9.17, 15) is 10.1 Å². The summed E-state index contributed by atoms with van der Waals surface area (Å²) in [6, 6.07) is 11.7. The Labute approximate surface area is 145 Å². The summed E-state index contributed by atoms with van der Waals surface area (Å²) in [6.45, 7) is 2.06. The first kappa shape index (κ1) is 15.2. The fraction of sp³-hybridized carbons (Fsp3) is 0.263. The number of fused-ring (bicyclic) bond motifs is 3. The van der Waals surface area contributed by atoms with Crippen molar-refractivity contribution in [3.05, 3.63) is 80.4 Å². The average molecular weight is 341 g/mol. The molecule has 0 unspecified atom stereocenters. The molecular weight excluding hydrogens is 324 g/mol. The third-order valence-corrected chi connectivity index (χ3v) is 5.39. The molecule has 2 aromatic carbocycles. The maximum atomic E-state index is 11.5. The van der Waals surface area contributed by atoms with E-state index in [0.717, 1.165) is 12.0 Å². The molecule has 1 N–H and O–H groups in total. The summed E-state index contributed by atoms with van der Waals surface area (Å²) in [6.07, 6.45) is 5.12. The zero-order valence-corrected chi connectivity index (χ0v) is 14.0. The van der Waals surface area contributed by atoms with Crippen LogP contribution in [-0.2, 0) is 0 Å². The van der Waals surface area contributed by atoms with Gasteiger partial charge >= 0.3 is 0 Å². The minimum atomic E-state index is -0.313. The van der Waals surface area contributed by atoms with Crippen molar-refractivity contribution < 1.29 is 4.92 Å². The second kappa shape index (κ2) is 5.64. The monoisotopic (exact) mass is 340 g/mol. The highest BCUT2D eigenvalue weighted by Crippen LogP contribution is 2.54. The fourth-order valence-corrected chi connectivity index (χ4v) is 4.14. The summed E-state index contributed by atoms with van der Waals surface area (Å²) in [5, 5.41) is 15.5. The standard InChI is InChI=1S/C19H17ClN2O2/c1-11-5-7-12(8-6-11)18-14-4-2-3-13(14)17-16(22(23)24)10-9-15(20)19(17)21-18/h2-3,5-10,13-14,18,21H,4H2,1H3/t13-,14+,18-/m0/s1. The normalized spacial score (nSPS) is 24.2. The van der Waals surface area contributed by atoms with E-state index < -0.39 is 0 Å². The lowest BCUT2D eigenvalue weighted by Crippen LogP contribution is -2.29. The van der Waals surface area contributed by atoms with Crippen molar-refractivity contribution >= 4 is 23.0 Å². The number of hydrogen-bond acceptors (Lipinski definition) is 3. The minimum absolute atomic E-state index is 0.0200. The second-order valence-corrected chi connectivity index (χ2v) is 6.91. The van der Waals surface area contributed by atoms with Crippen molar-refractivity contribution in [3.8, 4) is 0 Å². The fourth-order valence-electron chi connectivity index (χ4n) is 3.92. The molecule has 0 aromatic heterocycles. The Hall–Kier alpha value is -2.33. The highest BCUT2D eigenvalue weighted by molar-refractivity contribution is 6.33. The van der Waals surface area contributed by atoms with Gasteiger partial charge < -0.3 is 5.32 Å². The Kier molecular flexibility index (Phi) is 3.57. The predicted octanol–water partition coefficient (Wildman–Crippen LogP) is 5.38. The highest BCUT2D eigenvalue weighted by Gasteiger charge is 2.42. The van der Waals surface area contributed by atoms with Gasteiger partial charge in [0, 0.05) is 12.0 Å². The Bertz CT molecular complexity index is 845. The van der Waals surface area contributed by atoms with Gasteiger partial charge in [0.15, 0.2) is 0 Å². The van der Waals surface area contributed by atoms with Crippen LogP contribution < -0.4 is 5.32 Å². The van der Waals surface area contributed by atoms with Crippen LogP contribution in [0.15, 0.2) is 48.6 Å². The van der Waals surface area contributed by atoms with Gasteiger partial charge in [-0.2, -0.15) is 0 Å². The smallest absolute Gasteiger partial charge is 0.275 e. The molecule has 5 heteroatoms. The molecule has 1 aliphatic carbocycles. The second-order valence-electron chi connectivity index (χ2n) is 6.50. The molecule has 4 nitrogen and oxygen atoms in total. The van der Waals surface area contributed by atoms with Crippen LogP contribution in [0.1, 0.15) is 35.1 Å². The van der Waals surface area contributed by atoms with E-state index >= 15 is 0 Å².